The molecule has 0 saturated carbocycles. The average Bonchev–Trinajstić information content (AvgIpc) is 1.59. The first-order chi connectivity index (χ1) is 61.8. The molecule has 0 bridgehead atoms. The van der Waals surface area contributed by atoms with Crippen molar-refractivity contribution in [3.8, 4) is 89.0 Å². The third-order valence-corrected chi connectivity index (χ3v) is 30.6. The molecule has 0 unspecified atom stereocenters. The second-order valence-corrected chi connectivity index (χ2v) is 37.8. The van der Waals surface area contributed by atoms with E-state index in [4.69, 9.17) is 4.98 Å². The van der Waals surface area contributed by atoms with Crippen LogP contribution in [-0.4, -0.2) is 39.9 Å². The van der Waals surface area contributed by atoms with Gasteiger partial charge in [-0.15, -0.1) is 0 Å². The number of benzene rings is 8. The Morgan fingerprint density at radius 2 is 0.550 bits per heavy atom. The van der Waals surface area contributed by atoms with E-state index in [1.165, 1.54) is 306 Å². The first-order valence-electron chi connectivity index (χ1n) is 46.1. The van der Waals surface area contributed by atoms with Crippen molar-refractivity contribution in [2.45, 2.75) is 224 Å². The Balaban J connectivity index is 0.000000104. The monoisotopic (exact) mass is 1690 g/mol. The average molecular weight is 1690 g/mol. The van der Waals surface area contributed by atoms with Gasteiger partial charge in [-0.25, -0.2) is 0 Å². The van der Waals surface area contributed by atoms with Crippen molar-refractivity contribution >= 4 is 0 Å². The summed E-state index contributed by atoms with van der Waals surface area (Å²) in [6.45, 7) is 54.8. The summed E-state index contributed by atoms with van der Waals surface area (Å²) in [6.07, 6.45) is 31.8. The fraction of sp³-hybridized carbons (Fsp3) is 0.273. The van der Waals surface area contributed by atoms with Crippen LogP contribution in [0.4, 0.5) is 0 Å². The van der Waals surface area contributed by atoms with Crippen LogP contribution in [0.25, 0.3) is 89.0 Å². The minimum absolute atomic E-state index is 0.999. The Bertz CT molecular complexity index is 7280. The normalized spacial score (nSPS) is 12.4. The Morgan fingerprint density at radius 1 is 0.178 bits per heavy atom. The van der Waals surface area contributed by atoms with E-state index in [0.29, 0.717) is 0 Å². The maximum Gasteiger partial charge on any atom is 0.0529 e. The summed E-state index contributed by atoms with van der Waals surface area (Å²) >= 11 is 0. The number of rotatable bonds is 0. The third kappa shape index (κ3) is 16.2. The molecule has 0 atom stereocenters. The quantitative estimate of drug-likeness (QED) is 0.148. The van der Waals surface area contributed by atoms with E-state index in [2.05, 4.69) is 323 Å². The molecule has 8 aliphatic rings. The van der Waals surface area contributed by atoms with Gasteiger partial charge in [0.15, 0.2) is 0 Å². The van der Waals surface area contributed by atoms with Gasteiger partial charge in [0.1, 0.15) is 0 Å². The first kappa shape index (κ1) is 88.0. The maximum atomic E-state index is 4.74. The standard InChI is InChI=1S/2C16H17N.5C15H15N.C14H13N/c1-9-10(2)12(4)16-14-5-6-17-8-13(14)7-15(16)11(9)3;1-9-5-6-13-14(11(9)3)8-16-15(13)7-10(2)12(4)17-16;1-9-6-15-13-4-5-16-8-12(13)7-14(15)11(3)10(9)2;1-9-6-10(2)15-13-4-5-16-8-12(13)7-14(15)11(9)3;1-9-4-5-13-14(11(9)3)6-12-8-16-7-10(2)15(12)13;1-9-4-5-13-14(11(9)3)7-12-8-16-10(2)6-15(12)13;1-9-4-5-12-13-6-7-16-11(3)15(13)8-14(12)10(9)2;1-9-3-4-13-12-5-6-15-8-11(12)7-14(13)10(9)2/h5-6,8H,7H2,1-4H3;5-7H,8H2,1-4H3;2*4-6,8H,7H2,1-3H3;4-5,7-8H,6H2,1-3H3;4-6,8H,7H2,1-3H3;4-7H,8H2,1-3H3;3-6,8H,7H2,1-2H3. The Labute approximate surface area is 766 Å². The van der Waals surface area contributed by atoms with E-state index < -0.39 is 0 Å². The minimum atomic E-state index is 0.999. The van der Waals surface area contributed by atoms with Gasteiger partial charge in [0, 0.05) is 148 Å². The van der Waals surface area contributed by atoms with Crippen LogP contribution in [0.5, 0.6) is 0 Å². The molecule has 8 nitrogen and oxygen atoms in total. The van der Waals surface area contributed by atoms with Crippen molar-refractivity contribution in [3.05, 3.63) is 418 Å². The molecule has 0 spiro atoms. The molecule has 0 amide bonds. The highest BCUT2D eigenvalue weighted by molar-refractivity contribution is 5.87. The zero-order chi connectivity index (χ0) is 91.1. The van der Waals surface area contributed by atoms with Crippen molar-refractivity contribution in [2.75, 3.05) is 0 Å². The lowest BCUT2D eigenvalue weighted by molar-refractivity contribution is 1.04. The summed E-state index contributed by atoms with van der Waals surface area (Å²) in [5, 5.41) is 0. The van der Waals surface area contributed by atoms with E-state index in [1.807, 2.05) is 74.4 Å². The molecule has 0 radical (unpaired) electrons. The molecule has 8 aromatic heterocycles. The summed E-state index contributed by atoms with van der Waals surface area (Å²) in [6, 6.07) is 42.2. The molecule has 24 rings (SSSR count). The largest absolute Gasteiger partial charge is 0.264 e. The highest BCUT2D eigenvalue weighted by atomic mass is 14.7. The molecule has 8 heterocycles. The van der Waals surface area contributed by atoms with Crippen molar-refractivity contribution in [3.63, 3.8) is 0 Å². The molecule has 0 saturated heterocycles. The topological polar surface area (TPSA) is 103 Å². The molecule has 8 heteroatoms. The maximum absolute atomic E-state index is 4.74. The van der Waals surface area contributed by atoms with Crippen LogP contribution in [0.1, 0.15) is 229 Å². The summed E-state index contributed by atoms with van der Waals surface area (Å²) in [5.41, 5.74) is 79.5. The molecule has 8 aliphatic carbocycles. The van der Waals surface area contributed by atoms with E-state index in [1.54, 1.807) is 0 Å². The zero-order valence-corrected chi connectivity index (χ0v) is 80.6. The Hall–Kier alpha value is -13.0. The van der Waals surface area contributed by atoms with Gasteiger partial charge in [0.05, 0.1) is 5.69 Å². The predicted octanol–water partition coefficient (Wildman–Crippen LogP) is 28.9. The number of nitrogens with zero attached hydrogens (tertiary/aromatic N) is 8. The molecular weight excluding hydrogens is 1570 g/mol. The van der Waals surface area contributed by atoms with E-state index >= 15 is 0 Å². The number of pyridine rings is 8. The van der Waals surface area contributed by atoms with Gasteiger partial charge in [-0.1, -0.05) is 72.8 Å². The number of aryl methyl sites for hydroxylation is 13. The summed E-state index contributed by atoms with van der Waals surface area (Å²) in [4.78, 5) is 34.7. The van der Waals surface area contributed by atoms with E-state index in [0.717, 1.165) is 62.8 Å². The van der Waals surface area contributed by atoms with Gasteiger partial charge in [-0.3, -0.25) is 39.9 Å². The van der Waals surface area contributed by atoms with Crippen molar-refractivity contribution in [1.82, 2.24) is 39.9 Å². The fourth-order valence-electron chi connectivity index (χ4n) is 21.2. The highest BCUT2D eigenvalue weighted by Gasteiger charge is 2.31. The number of aromatic nitrogens is 8. The van der Waals surface area contributed by atoms with Gasteiger partial charge in [0.2, 0.25) is 0 Å². The Morgan fingerprint density at radius 3 is 1.11 bits per heavy atom. The molecule has 129 heavy (non-hydrogen) atoms. The lowest BCUT2D eigenvalue weighted by atomic mass is 9.89. The second kappa shape index (κ2) is 35.5. The Kier molecular flexibility index (Phi) is 24.2. The van der Waals surface area contributed by atoms with Gasteiger partial charge in [-0.05, 0) is 505 Å². The summed E-state index contributed by atoms with van der Waals surface area (Å²) < 4.78 is 0. The molecule has 0 N–H and O–H groups in total. The highest BCUT2D eigenvalue weighted by Crippen LogP contribution is 2.49. The van der Waals surface area contributed by atoms with Crippen LogP contribution in [-0.2, 0) is 51.4 Å². The molecule has 646 valence electrons. The van der Waals surface area contributed by atoms with Crippen molar-refractivity contribution in [2.24, 2.45) is 0 Å². The minimum Gasteiger partial charge on any atom is -0.264 e. The van der Waals surface area contributed by atoms with Crippen LogP contribution >= 0.6 is 0 Å². The SMILES string of the molecule is Cc1c(C)c(C)c2c(c1C)Cc1cnccc1-2.Cc1cc(C)c2c(c1C)Cc1cnccc1-2.Cc1cc2c(c(C)c1C)Cc1cnccc1-2.Cc1cc2c(cn1)Cc1c-2ccc(C)c1C.Cc1cc2c(nc1C)Cc1c-2ccc(C)c1C.Cc1ccc2c(c1C)Cc1c-2ccnc1C.Cc1ccc2c(c1C)Cc1cncc(C)c1-2.Cc1ccc2c(c1C)Cc1cnccc1-2. The molecular formula is C121H122N8. The first-order valence-corrected chi connectivity index (χ1v) is 46.1. The molecule has 16 aromatic rings. The number of hydrogen-bond acceptors (Lipinski definition) is 8. The zero-order valence-electron chi connectivity index (χ0n) is 80.6. The van der Waals surface area contributed by atoms with Crippen LogP contribution in [0, 0.1) is 173 Å². The predicted molar refractivity (Wildman–Crippen MR) is 538 cm³/mol. The molecule has 0 fully saturated rings. The third-order valence-electron chi connectivity index (χ3n) is 30.6. The molecule has 0 aliphatic heterocycles. The lowest BCUT2D eigenvalue weighted by Crippen LogP contribution is -1.98. The van der Waals surface area contributed by atoms with Gasteiger partial charge in [-0.2, -0.15) is 0 Å². The van der Waals surface area contributed by atoms with Gasteiger partial charge in [0.25, 0.3) is 0 Å². The number of fused-ring (bicyclic) bond motifs is 24. The van der Waals surface area contributed by atoms with Crippen LogP contribution in [0.2, 0.25) is 0 Å². The fourth-order valence-corrected chi connectivity index (χ4v) is 21.2. The van der Waals surface area contributed by atoms with E-state index in [-0.39, 0.29) is 0 Å². The van der Waals surface area contributed by atoms with Gasteiger partial charge < -0.3 is 0 Å². The van der Waals surface area contributed by atoms with Crippen LogP contribution < -0.4 is 0 Å². The number of hydrogen-bond donors (Lipinski definition) is 0. The second-order valence-electron chi connectivity index (χ2n) is 37.8. The van der Waals surface area contributed by atoms with Crippen molar-refractivity contribution < 1.29 is 0 Å². The van der Waals surface area contributed by atoms with E-state index in [9.17, 15) is 0 Å². The lowest BCUT2D eigenvalue weighted by Gasteiger charge is -2.15. The summed E-state index contributed by atoms with van der Waals surface area (Å²) in [5.74, 6) is 0. The smallest absolute Gasteiger partial charge is 0.0529 e. The molecule has 8 aromatic carbocycles. The summed E-state index contributed by atoms with van der Waals surface area (Å²) in [7, 11) is 0. The van der Waals surface area contributed by atoms with Crippen LogP contribution in [0.3, 0.4) is 0 Å². The van der Waals surface area contributed by atoms with Crippen molar-refractivity contribution in [1.29, 1.82) is 0 Å². The van der Waals surface area contributed by atoms with Crippen LogP contribution in [0.15, 0.2) is 190 Å². The van der Waals surface area contributed by atoms with Gasteiger partial charge >= 0.3 is 0 Å².